The molecule has 0 atom stereocenters. The van der Waals surface area contributed by atoms with Crippen LogP contribution in [-0.4, -0.2) is 33.5 Å². The summed E-state index contributed by atoms with van der Waals surface area (Å²) in [5, 5.41) is 10.1. The molecule has 3 aromatic carbocycles. The topological polar surface area (TPSA) is 43.6 Å². The minimum atomic E-state index is 0.0115. The summed E-state index contributed by atoms with van der Waals surface area (Å²) in [6.45, 7) is 0. The van der Waals surface area contributed by atoms with Crippen LogP contribution in [0.3, 0.4) is 0 Å². The van der Waals surface area contributed by atoms with Gasteiger partial charge >= 0.3 is 173 Å². The third-order valence-electron chi connectivity index (χ3n) is 4.44. The number of hydrogen-bond donors (Lipinski definition) is 0. The van der Waals surface area contributed by atoms with Crippen molar-refractivity contribution in [1.82, 2.24) is 18.7 Å². The van der Waals surface area contributed by atoms with Gasteiger partial charge in [-0.2, -0.15) is 0 Å². The van der Waals surface area contributed by atoms with Gasteiger partial charge in [-0.1, -0.05) is 0 Å². The van der Waals surface area contributed by atoms with Gasteiger partial charge in [-0.25, -0.2) is 0 Å². The van der Waals surface area contributed by atoms with Crippen molar-refractivity contribution in [2.45, 2.75) is 0 Å². The van der Waals surface area contributed by atoms with Gasteiger partial charge in [-0.05, 0) is 0 Å². The average molecular weight is 445 g/mol. The molecule has 0 aliphatic heterocycles. The molecule has 0 aliphatic rings. The number of benzene rings is 3. The predicted octanol–water partition coefficient (Wildman–Crippen LogP) is 4.94. The van der Waals surface area contributed by atoms with Crippen molar-refractivity contribution < 1.29 is 0 Å². The van der Waals surface area contributed by atoms with E-state index in [0.29, 0.717) is 5.95 Å². The van der Waals surface area contributed by atoms with Crippen LogP contribution in [0, 0.1) is 4.64 Å². The number of nitrogens with zero attached hydrogens (tertiary/aromatic N) is 4. The first kappa shape index (κ1) is 17.2. The molecule has 0 saturated heterocycles. The summed E-state index contributed by atoms with van der Waals surface area (Å²) in [4.78, 5) is 4.92. The van der Waals surface area contributed by atoms with E-state index in [1.807, 2.05) is 76.4 Å². The average Bonchev–Trinajstić information content (AvgIpc) is 3.11. The first-order chi connectivity index (χ1) is 13.8. The second-order valence-corrected chi connectivity index (χ2v) is 8.69. The maximum atomic E-state index is 5.70. The van der Waals surface area contributed by atoms with Gasteiger partial charge in [0, 0.05) is 0 Å². The third kappa shape index (κ3) is 3.02. The Balaban J connectivity index is 1.75. The molecule has 0 saturated carbocycles. The Morgan fingerprint density at radius 2 is 1.29 bits per heavy atom. The van der Waals surface area contributed by atoms with Crippen molar-refractivity contribution >= 4 is 36.6 Å². The Morgan fingerprint density at radius 1 is 0.679 bits per heavy atom. The Kier molecular flexibility index (Phi) is 4.45. The van der Waals surface area contributed by atoms with Crippen LogP contribution >= 0.6 is 12.2 Å². The molecule has 5 rings (SSSR count). The SMILES string of the molecule is S=c1c2ccccc2[se]n1-c1nnc(-c2ccccc2)c(-c2ccccc2)n1. The molecule has 0 amide bonds. The molecule has 0 spiro atoms. The van der Waals surface area contributed by atoms with Crippen molar-refractivity contribution in [3.63, 3.8) is 0 Å². The van der Waals surface area contributed by atoms with E-state index >= 15 is 0 Å². The van der Waals surface area contributed by atoms with Gasteiger partial charge in [0.25, 0.3) is 0 Å². The van der Waals surface area contributed by atoms with Crippen LogP contribution in [-0.2, 0) is 0 Å². The summed E-state index contributed by atoms with van der Waals surface area (Å²) in [5.74, 6) is 0.555. The van der Waals surface area contributed by atoms with E-state index < -0.39 is 0 Å². The molecule has 134 valence electrons. The molecule has 5 aromatic rings. The van der Waals surface area contributed by atoms with Gasteiger partial charge in [0.05, 0.1) is 0 Å². The third-order valence-corrected chi connectivity index (χ3v) is 7.37. The standard InChI is InChI=1S/C22H14N4SSe/c27-21-17-13-7-8-14-18(17)28-26(21)22-23-19(15-9-3-1-4-10-15)20(24-25-22)16-11-5-2-6-12-16/h1-14H. The first-order valence-corrected chi connectivity index (χ1v) is 10.8. The Bertz CT molecular complexity index is 1330. The monoisotopic (exact) mass is 446 g/mol. The van der Waals surface area contributed by atoms with E-state index in [4.69, 9.17) is 17.2 Å². The van der Waals surface area contributed by atoms with Crippen LogP contribution in [0.25, 0.3) is 38.1 Å². The van der Waals surface area contributed by atoms with Crippen molar-refractivity contribution in [1.29, 1.82) is 0 Å². The predicted molar refractivity (Wildman–Crippen MR) is 115 cm³/mol. The molecule has 2 heterocycles. The Hall–Kier alpha value is -2.92. The fourth-order valence-electron chi connectivity index (χ4n) is 3.09. The molecule has 0 bridgehead atoms. The molecular weight excluding hydrogens is 431 g/mol. The molecule has 0 aliphatic carbocycles. The Labute approximate surface area is 173 Å². The number of hydrogen-bond acceptors (Lipinski definition) is 4. The van der Waals surface area contributed by atoms with Gasteiger partial charge in [0.1, 0.15) is 0 Å². The summed E-state index contributed by atoms with van der Waals surface area (Å²) in [7, 11) is 0. The molecule has 2 aromatic heterocycles. The van der Waals surface area contributed by atoms with Crippen LogP contribution in [0.1, 0.15) is 0 Å². The van der Waals surface area contributed by atoms with Gasteiger partial charge in [-0.3, -0.25) is 0 Å². The van der Waals surface area contributed by atoms with E-state index in [1.54, 1.807) is 0 Å². The summed E-state index contributed by atoms with van der Waals surface area (Å²) >= 11 is 5.71. The molecule has 6 heteroatoms. The number of fused-ring (bicyclic) bond motifs is 1. The second kappa shape index (κ2) is 7.24. The summed E-state index contributed by atoms with van der Waals surface area (Å²) in [6.07, 6.45) is 0. The molecule has 4 nitrogen and oxygen atoms in total. The quantitative estimate of drug-likeness (QED) is 0.292. The Morgan fingerprint density at radius 3 is 1.96 bits per heavy atom. The van der Waals surface area contributed by atoms with Crippen LogP contribution in [0.5, 0.6) is 0 Å². The minimum absolute atomic E-state index is 0.0115. The zero-order valence-corrected chi connectivity index (χ0v) is 17.2. The first-order valence-electron chi connectivity index (χ1n) is 8.78. The van der Waals surface area contributed by atoms with Gasteiger partial charge in [0.15, 0.2) is 0 Å². The van der Waals surface area contributed by atoms with Gasteiger partial charge < -0.3 is 0 Å². The van der Waals surface area contributed by atoms with Crippen LogP contribution < -0.4 is 0 Å². The normalized spacial score (nSPS) is 11.0. The summed E-state index contributed by atoms with van der Waals surface area (Å²) in [5.41, 5.74) is 3.58. The van der Waals surface area contributed by atoms with Crippen LogP contribution in [0.4, 0.5) is 0 Å². The van der Waals surface area contributed by atoms with Crippen molar-refractivity contribution in [2.75, 3.05) is 0 Å². The molecule has 0 fully saturated rings. The fourth-order valence-corrected chi connectivity index (χ4v) is 5.67. The van der Waals surface area contributed by atoms with E-state index in [9.17, 15) is 0 Å². The van der Waals surface area contributed by atoms with E-state index in [-0.39, 0.29) is 14.7 Å². The molecule has 0 unspecified atom stereocenters. The van der Waals surface area contributed by atoms with Crippen molar-refractivity contribution in [2.24, 2.45) is 0 Å². The van der Waals surface area contributed by atoms with Crippen molar-refractivity contribution in [3.8, 4) is 28.5 Å². The van der Waals surface area contributed by atoms with Crippen LogP contribution in [0.15, 0.2) is 84.9 Å². The van der Waals surface area contributed by atoms with Crippen molar-refractivity contribution in [3.05, 3.63) is 89.6 Å². The maximum absolute atomic E-state index is 5.70. The molecule has 0 radical (unpaired) electrons. The number of aromatic nitrogens is 4. The van der Waals surface area contributed by atoms with E-state index in [2.05, 4.69) is 22.3 Å². The fraction of sp³-hybridized carbons (Fsp3) is 0. The molecular formula is C22H14N4SSe. The summed E-state index contributed by atoms with van der Waals surface area (Å²) in [6, 6.07) is 28.4. The van der Waals surface area contributed by atoms with Gasteiger partial charge in [0.2, 0.25) is 0 Å². The van der Waals surface area contributed by atoms with E-state index in [1.165, 1.54) is 4.26 Å². The zero-order valence-electron chi connectivity index (χ0n) is 14.7. The van der Waals surface area contributed by atoms with Gasteiger partial charge in [-0.15, -0.1) is 0 Å². The zero-order chi connectivity index (χ0) is 18.9. The number of rotatable bonds is 3. The van der Waals surface area contributed by atoms with Crippen LogP contribution in [0.2, 0.25) is 0 Å². The molecule has 0 N–H and O–H groups in total. The summed E-state index contributed by atoms with van der Waals surface area (Å²) < 4.78 is 4.03. The van der Waals surface area contributed by atoms with E-state index in [0.717, 1.165) is 32.5 Å². The molecule has 28 heavy (non-hydrogen) atoms. The second-order valence-electron chi connectivity index (χ2n) is 6.23.